The first-order valence-electron chi connectivity index (χ1n) is 22.9. The molecule has 0 radical (unpaired) electrons. The third-order valence-electron chi connectivity index (χ3n) is 13.8. The number of anilines is 3. The van der Waals surface area contributed by atoms with Crippen LogP contribution in [0.2, 0.25) is 10.0 Å². The second-order valence-corrected chi connectivity index (χ2v) is 18.6. The smallest absolute Gasteiger partial charge is 0.264 e. The normalized spacial score (nSPS) is 22.6. The van der Waals surface area contributed by atoms with Crippen molar-refractivity contribution in [3.05, 3.63) is 129 Å². The number of allylic oxidation sites excluding steroid dienone is 1. The summed E-state index contributed by atoms with van der Waals surface area (Å²) in [6.07, 6.45) is 6.52. The molecular formula is C50H50Cl2FN7O8. The molecule has 2 spiro atoms. The molecule has 354 valence electrons. The van der Waals surface area contributed by atoms with Crippen molar-refractivity contribution in [3.8, 4) is 0 Å². The van der Waals surface area contributed by atoms with Crippen molar-refractivity contribution in [2.45, 2.75) is 86.7 Å². The molecule has 18 heteroatoms. The van der Waals surface area contributed by atoms with Crippen molar-refractivity contribution in [3.63, 3.8) is 0 Å². The number of hydrogen-bond donors (Lipinski definition) is 5. The van der Waals surface area contributed by atoms with Gasteiger partial charge in [0.05, 0.1) is 53.9 Å². The van der Waals surface area contributed by atoms with Crippen LogP contribution in [-0.2, 0) is 29.3 Å². The topological polar surface area (TPSA) is 197 Å². The summed E-state index contributed by atoms with van der Waals surface area (Å²) < 4.78 is 27.6. The van der Waals surface area contributed by atoms with Crippen LogP contribution in [0.15, 0.2) is 85.2 Å². The van der Waals surface area contributed by atoms with E-state index in [9.17, 15) is 28.8 Å². The Kier molecular flexibility index (Phi) is 13.5. The molecule has 2 saturated heterocycles. The number of carbonyl (C=O) groups is 6. The molecule has 4 atom stereocenters. The predicted molar refractivity (Wildman–Crippen MR) is 252 cm³/mol. The van der Waals surface area contributed by atoms with E-state index >= 15 is 4.39 Å². The summed E-state index contributed by atoms with van der Waals surface area (Å²) in [7, 11) is 0. The highest BCUT2D eigenvalue weighted by Gasteiger charge is 2.72. The quantitative estimate of drug-likeness (QED) is 0.0429. The van der Waals surface area contributed by atoms with Gasteiger partial charge in [-0.3, -0.25) is 44.0 Å². The number of halogens is 3. The van der Waals surface area contributed by atoms with Gasteiger partial charge < -0.3 is 30.7 Å². The Labute approximate surface area is 401 Å². The summed E-state index contributed by atoms with van der Waals surface area (Å²) >= 11 is 12.8. The molecule has 15 nitrogen and oxygen atoms in total. The summed E-state index contributed by atoms with van der Waals surface area (Å²) in [6.45, 7) is 5.27. The first kappa shape index (κ1) is 47.0. The maximum atomic E-state index is 16.2. The second kappa shape index (κ2) is 19.5. The van der Waals surface area contributed by atoms with Crippen LogP contribution >= 0.6 is 23.2 Å². The number of benzene rings is 3. The minimum absolute atomic E-state index is 0.120. The third kappa shape index (κ3) is 8.46. The number of aromatic nitrogens is 1. The Bertz CT molecular complexity index is 2710. The zero-order chi connectivity index (χ0) is 47.7. The number of imide groups is 1. The molecule has 0 bridgehead atoms. The Morgan fingerprint density at radius 2 is 1.69 bits per heavy atom. The number of carbonyl (C=O) groups excluding carboxylic acids is 6. The first-order valence-corrected chi connectivity index (χ1v) is 23.6. The van der Waals surface area contributed by atoms with Gasteiger partial charge in [-0.15, -0.1) is 0 Å². The highest BCUT2D eigenvalue weighted by Crippen LogP contribution is 2.63. The van der Waals surface area contributed by atoms with Crippen LogP contribution in [0.1, 0.15) is 106 Å². The van der Waals surface area contributed by atoms with Gasteiger partial charge in [0.15, 0.2) is 5.78 Å². The molecule has 68 heavy (non-hydrogen) atoms. The van der Waals surface area contributed by atoms with E-state index in [1.54, 1.807) is 54.6 Å². The van der Waals surface area contributed by atoms with E-state index < -0.39 is 58.4 Å². The lowest BCUT2D eigenvalue weighted by Crippen LogP contribution is -2.60. The molecule has 5 aliphatic rings. The number of amides is 5. The number of pyridine rings is 1. The van der Waals surface area contributed by atoms with Gasteiger partial charge >= 0.3 is 0 Å². The van der Waals surface area contributed by atoms with E-state index in [-0.39, 0.29) is 65.3 Å². The number of Topliss-reactive ketones (excluding diaryl/α,β-unsaturated/α-hetero) is 1. The van der Waals surface area contributed by atoms with Crippen LogP contribution in [0.3, 0.4) is 0 Å². The van der Waals surface area contributed by atoms with Crippen LogP contribution in [0.5, 0.6) is 0 Å². The average Bonchev–Trinajstić information content (AvgIpc) is 3.88. The summed E-state index contributed by atoms with van der Waals surface area (Å²) in [5.41, 5.74) is 1.08. The van der Waals surface area contributed by atoms with E-state index in [0.717, 1.165) is 24.2 Å². The predicted octanol–water partition coefficient (Wildman–Crippen LogP) is 7.31. The minimum atomic E-state index is -1.38. The highest BCUT2D eigenvalue weighted by molar-refractivity contribution is 6.31. The van der Waals surface area contributed by atoms with Crippen LogP contribution in [0.4, 0.5) is 21.5 Å². The lowest BCUT2D eigenvalue weighted by atomic mass is 9.55. The maximum absolute atomic E-state index is 16.2. The molecule has 3 aromatic carbocycles. The Morgan fingerprint density at radius 1 is 0.912 bits per heavy atom. The van der Waals surface area contributed by atoms with E-state index in [1.807, 2.05) is 0 Å². The van der Waals surface area contributed by atoms with Crippen molar-refractivity contribution >= 4 is 75.6 Å². The van der Waals surface area contributed by atoms with Gasteiger partial charge in [0.1, 0.15) is 23.0 Å². The Balaban J connectivity index is 0.755. The fourth-order valence-corrected chi connectivity index (χ4v) is 11.2. The maximum Gasteiger partial charge on any atom is 0.264 e. The molecule has 4 aliphatic heterocycles. The largest absolute Gasteiger partial charge is 0.382 e. The molecule has 5 heterocycles. The van der Waals surface area contributed by atoms with Crippen LogP contribution in [0.25, 0.3) is 0 Å². The second-order valence-electron chi connectivity index (χ2n) is 17.8. The van der Waals surface area contributed by atoms with Crippen molar-refractivity contribution in [2.75, 3.05) is 48.9 Å². The van der Waals surface area contributed by atoms with Crippen molar-refractivity contribution in [1.82, 2.24) is 20.5 Å². The van der Waals surface area contributed by atoms with Gasteiger partial charge in [-0.1, -0.05) is 73.3 Å². The number of nitrogens with zero attached hydrogens (tertiary/aromatic N) is 2. The lowest BCUT2D eigenvalue weighted by molar-refractivity contribution is -0.125. The van der Waals surface area contributed by atoms with Gasteiger partial charge in [0, 0.05) is 53.1 Å². The van der Waals surface area contributed by atoms with E-state index in [0.29, 0.717) is 78.6 Å². The van der Waals surface area contributed by atoms with Gasteiger partial charge in [-0.2, -0.15) is 0 Å². The van der Waals surface area contributed by atoms with Crippen molar-refractivity contribution < 1.29 is 42.6 Å². The number of ether oxygens (including phenoxy) is 2. The molecule has 9 rings (SSSR count). The molecule has 5 amide bonds. The number of rotatable bonds is 16. The van der Waals surface area contributed by atoms with Crippen molar-refractivity contribution in [1.29, 1.82) is 0 Å². The summed E-state index contributed by atoms with van der Waals surface area (Å²) in [6, 6.07) is 15.9. The summed E-state index contributed by atoms with van der Waals surface area (Å²) in [5.74, 6) is -4.19. The number of hydrogen-bond acceptors (Lipinski definition) is 11. The lowest BCUT2D eigenvalue weighted by Gasteiger charge is -2.47. The van der Waals surface area contributed by atoms with E-state index in [2.05, 4.69) is 38.1 Å². The zero-order valence-electron chi connectivity index (χ0n) is 37.1. The number of fused-ring (bicyclic) bond motifs is 4. The number of ketones is 1. The SMILES string of the molecule is C=C1CCC(N2C(=O)c3cccc(NCCOCCOCCCC(=O)c4ccc(NC(=O)[C@@H]5NC6(CCCCC6)[C@@]6(C(=O)Nc7cc(Cl)ccc76)[C@H]5c5cccc(Cl)c5F)cn4)c3C2=O)C(=O)N1. The summed E-state index contributed by atoms with van der Waals surface area (Å²) in [5, 5.41) is 15.7. The fourth-order valence-electron chi connectivity index (χ4n) is 10.9. The van der Waals surface area contributed by atoms with E-state index in [4.69, 9.17) is 32.7 Å². The number of piperidine rings is 1. The number of nitrogens with one attached hydrogen (secondary N) is 5. The van der Waals surface area contributed by atoms with Crippen LogP contribution in [0, 0.1) is 5.82 Å². The van der Waals surface area contributed by atoms with Gasteiger partial charge in [-0.25, -0.2) is 4.39 Å². The fraction of sp³-hybridized carbons (Fsp3) is 0.380. The Hall–Kier alpha value is -6.04. The zero-order valence-corrected chi connectivity index (χ0v) is 38.6. The molecule has 4 aromatic rings. The van der Waals surface area contributed by atoms with E-state index in [1.165, 1.54) is 18.3 Å². The first-order chi connectivity index (χ1) is 32.8. The van der Waals surface area contributed by atoms with Gasteiger partial charge in [0.25, 0.3) is 11.8 Å². The molecule has 1 aromatic heterocycles. The molecule has 5 N–H and O–H groups in total. The third-order valence-corrected chi connectivity index (χ3v) is 14.4. The van der Waals surface area contributed by atoms with Gasteiger partial charge in [-0.05, 0) is 85.7 Å². The molecule has 1 aliphatic carbocycles. The molecular weight excluding hydrogens is 916 g/mol. The minimum Gasteiger partial charge on any atom is -0.382 e. The monoisotopic (exact) mass is 965 g/mol. The van der Waals surface area contributed by atoms with Crippen molar-refractivity contribution in [2.24, 2.45) is 0 Å². The standard InChI is InChI=1S/C50H50Cl2FN7O8/c1-28-13-18-38(44(62)56-28)60-46(64)31-8-6-11-36(40(31)47(60)65)54-21-23-68-25-24-67-22-7-12-39(61)35-17-15-30(27-55-35)57-45(63)43-41(32-9-5-10-34(52)42(32)53)50(49(59-43)19-3-2-4-20-49)33-16-14-29(51)26-37(33)58-48(50)66/h5-6,8-11,14-17,26-27,38,41,43,54,59H,1-4,7,12-13,18-25H2,(H,56,62)(H,57,63)(H,58,66)/t38?,41-,43+,50+/m0/s1. The summed E-state index contributed by atoms with van der Waals surface area (Å²) in [4.78, 5) is 86.6. The van der Waals surface area contributed by atoms with Crippen LogP contribution in [-0.4, -0.2) is 95.8 Å². The Morgan fingerprint density at radius 3 is 2.46 bits per heavy atom. The molecule has 1 unspecified atom stereocenters. The molecule has 1 saturated carbocycles. The van der Waals surface area contributed by atoms with Gasteiger partial charge in [0.2, 0.25) is 17.7 Å². The highest BCUT2D eigenvalue weighted by atomic mass is 35.5. The molecule has 3 fully saturated rings. The van der Waals surface area contributed by atoms with Crippen LogP contribution < -0.4 is 26.6 Å². The average molecular weight is 967 g/mol.